The predicted molar refractivity (Wildman–Crippen MR) is 85.5 cm³/mol. The van der Waals surface area contributed by atoms with Crippen LogP contribution in [0.4, 0.5) is 18.9 Å². The highest BCUT2D eigenvalue weighted by Gasteiger charge is 2.33. The summed E-state index contributed by atoms with van der Waals surface area (Å²) in [5, 5.41) is 1.49. The number of benzene rings is 2. The third-order valence-corrected chi connectivity index (χ3v) is 4.82. The van der Waals surface area contributed by atoms with Gasteiger partial charge in [0.15, 0.2) is 0 Å². The van der Waals surface area contributed by atoms with Crippen LogP contribution in [-0.4, -0.2) is 25.9 Å². The van der Waals surface area contributed by atoms with E-state index in [0.717, 1.165) is 23.4 Å². The van der Waals surface area contributed by atoms with Gasteiger partial charge in [-0.05, 0) is 42.5 Å². The number of alkyl halides is 3. The maximum Gasteiger partial charge on any atom is 0.416 e. The molecule has 0 radical (unpaired) electrons. The van der Waals surface area contributed by atoms with E-state index in [1.165, 1.54) is 23.9 Å². The Hall–Kier alpha value is -1.40. The van der Waals surface area contributed by atoms with E-state index in [0.29, 0.717) is 23.5 Å². The van der Waals surface area contributed by atoms with Crippen LogP contribution in [0.5, 0.6) is 0 Å². The number of rotatable bonds is 3. The number of anilines is 1. The molecule has 1 heterocycles. The van der Waals surface area contributed by atoms with Crippen LogP contribution in [-0.2, 0) is 6.18 Å². The van der Waals surface area contributed by atoms with Crippen molar-refractivity contribution in [3.05, 3.63) is 35.9 Å². The third kappa shape index (κ3) is 2.77. The first-order chi connectivity index (χ1) is 10.4. The molecular weight excluding hydrogens is 309 g/mol. The molecule has 22 heavy (non-hydrogen) atoms. The van der Waals surface area contributed by atoms with Crippen molar-refractivity contribution in [2.75, 3.05) is 30.8 Å². The molecule has 1 aliphatic rings. The summed E-state index contributed by atoms with van der Waals surface area (Å²) < 4.78 is 39.5. The highest BCUT2D eigenvalue weighted by molar-refractivity contribution is 7.98. The molecule has 3 rings (SSSR count). The van der Waals surface area contributed by atoms with E-state index in [2.05, 4.69) is 0 Å². The molecule has 1 fully saturated rings. The SMILES string of the molecule is CSc1ccc2c(N3CC(CN)C3)cc(C(F)(F)F)cc2c1. The smallest absolute Gasteiger partial charge is 0.370 e. The standard InChI is InChI=1S/C16H17F3N2S/c1-22-13-2-3-14-11(5-13)4-12(16(17,18)19)6-15(14)21-8-10(7-20)9-21/h2-6,10H,7-9,20H2,1H3. The second kappa shape index (κ2) is 5.66. The molecular formula is C16H17F3N2S. The van der Waals surface area contributed by atoms with Gasteiger partial charge in [0.25, 0.3) is 0 Å². The van der Waals surface area contributed by atoms with E-state index >= 15 is 0 Å². The lowest BCUT2D eigenvalue weighted by molar-refractivity contribution is -0.137. The predicted octanol–water partition coefficient (Wildman–Crippen LogP) is 3.98. The molecule has 2 aromatic carbocycles. The van der Waals surface area contributed by atoms with Gasteiger partial charge in [-0.15, -0.1) is 11.8 Å². The van der Waals surface area contributed by atoms with Crippen LogP contribution < -0.4 is 10.6 Å². The molecule has 0 amide bonds. The second-order valence-corrected chi connectivity index (χ2v) is 6.47. The highest BCUT2D eigenvalue weighted by atomic mass is 32.2. The molecule has 0 saturated carbocycles. The summed E-state index contributed by atoms with van der Waals surface area (Å²) in [6, 6.07) is 8.17. The summed E-state index contributed by atoms with van der Waals surface area (Å²) in [7, 11) is 0. The van der Waals surface area contributed by atoms with E-state index in [1.54, 1.807) is 0 Å². The quantitative estimate of drug-likeness (QED) is 0.865. The summed E-state index contributed by atoms with van der Waals surface area (Å²) in [6.45, 7) is 2.01. The molecule has 2 N–H and O–H groups in total. The Labute approximate surface area is 131 Å². The van der Waals surface area contributed by atoms with Crippen molar-refractivity contribution in [1.82, 2.24) is 0 Å². The molecule has 0 bridgehead atoms. The first kappa shape index (κ1) is 15.5. The van der Waals surface area contributed by atoms with Crippen molar-refractivity contribution < 1.29 is 13.2 Å². The third-order valence-electron chi connectivity index (χ3n) is 4.10. The number of nitrogens with zero attached hydrogens (tertiary/aromatic N) is 1. The van der Waals surface area contributed by atoms with Gasteiger partial charge < -0.3 is 10.6 Å². The summed E-state index contributed by atoms with van der Waals surface area (Å²) in [5.41, 5.74) is 5.68. The first-order valence-corrected chi connectivity index (χ1v) is 8.29. The molecule has 2 aromatic rings. The van der Waals surface area contributed by atoms with Gasteiger partial charge in [0.2, 0.25) is 0 Å². The molecule has 118 valence electrons. The van der Waals surface area contributed by atoms with Gasteiger partial charge in [-0.2, -0.15) is 13.2 Å². The van der Waals surface area contributed by atoms with Gasteiger partial charge in [0, 0.05) is 35.0 Å². The van der Waals surface area contributed by atoms with Gasteiger partial charge in [-0.25, -0.2) is 0 Å². The normalized spacial score (nSPS) is 16.1. The minimum absolute atomic E-state index is 0.370. The first-order valence-electron chi connectivity index (χ1n) is 7.06. The van der Waals surface area contributed by atoms with E-state index < -0.39 is 11.7 Å². The van der Waals surface area contributed by atoms with E-state index in [9.17, 15) is 13.2 Å². The van der Waals surface area contributed by atoms with Crippen LogP contribution in [0.1, 0.15) is 5.56 Å². The number of hydrogen-bond donors (Lipinski definition) is 1. The van der Waals surface area contributed by atoms with E-state index in [-0.39, 0.29) is 0 Å². The topological polar surface area (TPSA) is 29.3 Å². The molecule has 0 unspecified atom stereocenters. The maximum absolute atomic E-state index is 13.2. The van der Waals surface area contributed by atoms with Crippen molar-refractivity contribution in [3.8, 4) is 0 Å². The average molecular weight is 326 g/mol. The van der Waals surface area contributed by atoms with Gasteiger partial charge in [-0.1, -0.05) is 6.07 Å². The average Bonchev–Trinajstić information content (AvgIpc) is 2.44. The van der Waals surface area contributed by atoms with Crippen molar-refractivity contribution in [3.63, 3.8) is 0 Å². The van der Waals surface area contributed by atoms with Crippen LogP contribution in [0.15, 0.2) is 35.2 Å². The number of fused-ring (bicyclic) bond motifs is 1. The lowest BCUT2D eigenvalue weighted by Gasteiger charge is -2.41. The van der Waals surface area contributed by atoms with Crippen molar-refractivity contribution >= 4 is 28.2 Å². The van der Waals surface area contributed by atoms with Gasteiger partial charge in [-0.3, -0.25) is 0 Å². The van der Waals surface area contributed by atoms with Crippen LogP contribution in [0.25, 0.3) is 10.8 Å². The number of nitrogens with two attached hydrogens (primary N) is 1. The van der Waals surface area contributed by atoms with Gasteiger partial charge in [0.1, 0.15) is 0 Å². The molecule has 1 saturated heterocycles. The van der Waals surface area contributed by atoms with E-state index in [4.69, 9.17) is 5.73 Å². The second-order valence-electron chi connectivity index (χ2n) is 5.59. The molecule has 6 heteroatoms. The number of hydrogen-bond acceptors (Lipinski definition) is 3. The zero-order valence-electron chi connectivity index (χ0n) is 12.2. The van der Waals surface area contributed by atoms with Crippen LogP contribution >= 0.6 is 11.8 Å². The molecule has 2 nitrogen and oxygen atoms in total. The summed E-state index contributed by atoms with van der Waals surface area (Å²) in [4.78, 5) is 2.94. The minimum Gasteiger partial charge on any atom is -0.370 e. The van der Waals surface area contributed by atoms with E-state index in [1.807, 2.05) is 29.4 Å². The molecule has 0 aliphatic carbocycles. The monoisotopic (exact) mass is 326 g/mol. The largest absolute Gasteiger partial charge is 0.416 e. The maximum atomic E-state index is 13.2. The Morgan fingerprint density at radius 1 is 1.23 bits per heavy atom. The van der Waals surface area contributed by atoms with Crippen LogP contribution in [0.3, 0.4) is 0 Å². The Bertz CT molecular complexity index is 694. The summed E-state index contributed by atoms with van der Waals surface area (Å²) >= 11 is 1.52. The fourth-order valence-corrected chi connectivity index (χ4v) is 3.24. The Balaban J connectivity index is 2.12. The van der Waals surface area contributed by atoms with Gasteiger partial charge >= 0.3 is 6.18 Å². The van der Waals surface area contributed by atoms with Crippen molar-refractivity contribution in [2.45, 2.75) is 11.1 Å². The highest BCUT2D eigenvalue weighted by Crippen LogP contribution is 2.39. The Morgan fingerprint density at radius 3 is 2.55 bits per heavy atom. The van der Waals surface area contributed by atoms with Crippen LogP contribution in [0, 0.1) is 5.92 Å². The Kier molecular flexibility index (Phi) is 3.99. The lowest BCUT2D eigenvalue weighted by Crippen LogP contribution is -2.50. The molecule has 1 aliphatic heterocycles. The molecule has 0 atom stereocenters. The summed E-state index contributed by atoms with van der Waals surface area (Å²) in [5.74, 6) is 0.370. The lowest BCUT2D eigenvalue weighted by atomic mass is 9.96. The molecule has 0 spiro atoms. The summed E-state index contributed by atoms with van der Waals surface area (Å²) in [6.07, 6.45) is -2.42. The van der Waals surface area contributed by atoms with Crippen LogP contribution in [0.2, 0.25) is 0 Å². The number of halogens is 3. The number of thioether (sulfide) groups is 1. The Morgan fingerprint density at radius 2 is 1.95 bits per heavy atom. The van der Waals surface area contributed by atoms with Gasteiger partial charge in [0.05, 0.1) is 5.56 Å². The van der Waals surface area contributed by atoms with Crippen molar-refractivity contribution in [1.29, 1.82) is 0 Å². The zero-order chi connectivity index (χ0) is 15.9. The fraction of sp³-hybridized carbons (Fsp3) is 0.375. The van der Waals surface area contributed by atoms with Crippen molar-refractivity contribution in [2.24, 2.45) is 11.7 Å². The minimum atomic E-state index is -4.34. The fourth-order valence-electron chi connectivity index (χ4n) is 2.80. The molecule has 0 aromatic heterocycles. The zero-order valence-corrected chi connectivity index (χ0v) is 13.0.